The highest BCUT2D eigenvalue weighted by atomic mass is 16.7. The van der Waals surface area contributed by atoms with Gasteiger partial charge in [0.15, 0.2) is 17.8 Å². The normalized spacial score (nSPS) is 11.8. The molecule has 0 saturated carbocycles. The summed E-state index contributed by atoms with van der Waals surface area (Å²) in [6.45, 7) is 5.97. The molecule has 0 amide bonds. The molecular formula is C38H36O5. The van der Waals surface area contributed by atoms with Crippen molar-refractivity contribution in [3.8, 4) is 34.1 Å². The second-order valence-electron chi connectivity index (χ2n) is 9.89. The molecule has 0 aromatic heterocycles. The van der Waals surface area contributed by atoms with Crippen LogP contribution in [0, 0.1) is 0 Å². The fourth-order valence-corrected chi connectivity index (χ4v) is 5.53. The molecule has 218 valence electrons. The average Bonchev–Trinajstić information content (AvgIpc) is 3.07. The maximum absolute atomic E-state index is 7.10. The minimum atomic E-state index is -0.951. The van der Waals surface area contributed by atoms with Crippen molar-refractivity contribution >= 4 is 6.08 Å². The zero-order valence-corrected chi connectivity index (χ0v) is 25.0. The molecule has 5 aromatic rings. The summed E-state index contributed by atoms with van der Waals surface area (Å²) in [5, 5.41) is 0. The van der Waals surface area contributed by atoms with E-state index < -0.39 is 11.9 Å². The molecule has 0 saturated heterocycles. The second kappa shape index (κ2) is 13.3. The van der Waals surface area contributed by atoms with Gasteiger partial charge in [-0.25, -0.2) is 0 Å². The maximum atomic E-state index is 7.10. The highest BCUT2D eigenvalue weighted by molar-refractivity contribution is 5.83. The van der Waals surface area contributed by atoms with Crippen molar-refractivity contribution in [2.24, 2.45) is 0 Å². The molecule has 0 N–H and O–H groups in total. The summed E-state index contributed by atoms with van der Waals surface area (Å²) in [7, 11) is 4.80. The van der Waals surface area contributed by atoms with E-state index in [1.807, 2.05) is 91.9 Å². The van der Waals surface area contributed by atoms with E-state index in [0.717, 1.165) is 33.4 Å². The van der Waals surface area contributed by atoms with Gasteiger partial charge in [-0.1, -0.05) is 122 Å². The van der Waals surface area contributed by atoms with Crippen molar-refractivity contribution in [3.05, 3.63) is 150 Å². The molecule has 1 unspecified atom stereocenters. The molecule has 0 bridgehead atoms. The SMILES string of the molecule is C=Cc1cccc(-c2ccc(OC)c(OC)c2OC)c1OC(C)OC(c1ccccc1)(c1ccccc1)c1ccccc1. The zero-order chi connectivity index (χ0) is 30.2. The maximum Gasteiger partial charge on any atom is 0.203 e. The average molecular weight is 573 g/mol. The molecule has 0 fully saturated rings. The molecule has 0 radical (unpaired) electrons. The third-order valence-electron chi connectivity index (χ3n) is 7.43. The lowest BCUT2D eigenvalue weighted by molar-refractivity contribution is -0.132. The Morgan fingerprint density at radius 1 is 0.558 bits per heavy atom. The van der Waals surface area contributed by atoms with Gasteiger partial charge in [0.25, 0.3) is 0 Å². The smallest absolute Gasteiger partial charge is 0.203 e. The van der Waals surface area contributed by atoms with Gasteiger partial charge in [-0.15, -0.1) is 0 Å². The van der Waals surface area contributed by atoms with Crippen molar-refractivity contribution in [2.75, 3.05) is 21.3 Å². The Bertz CT molecular complexity index is 1550. The van der Waals surface area contributed by atoms with Crippen LogP contribution in [0.1, 0.15) is 29.2 Å². The quantitative estimate of drug-likeness (QED) is 0.110. The number of para-hydroxylation sites is 1. The van der Waals surface area contributed by atoms with Crippen LogP contribution in [0.3, 0.4) is 0 Å². The summed E-state index contributed by atoms with van der Waals surface area (Å²) in [6, 6.07) is 40.4. The first-order chi connectivity index (χ1) is 21.1. The van der Waals surface area contributed by atoms with Gasteiger partial charge in [-0.05, 0) is 35.7 Å². The first kappa shape index (κ1) is 29.5. The number of benzene rings is 5. The number of rotatable bonds is 12. The molecule has 0 aliphatic carbocycles. The van der Waals surface area contributed by atoms with Crippen LogP contribution in [0.4, 0.5) is 0 Å². The van der Waals surface area contributed by atoms with Crippen LogP contribution in [0.2, 0.25) is 0 Å². The topological polar surface area (TPSA) is 46.2 Å². The molecule has 0 heterocycles. The summed E-state index contributed by atoms with van der Waals surface area (Å²) in [4.78, 5) is 0. The molecule has 5 rings (SSSR count). The lowest BCUT2D eigenvalue weighted by Crippen LogP contribution is -2.38. The van der Waals surface area contributed by atoms with Gasteiger partial charge in [0.2, 0.25) is 5.75 Å². The van der Waals surface area contributed by atoms with E-state index in [-0.39, 0.29) is 0 Å². The summed E-state index contributed by atoms with van der Waals surface area (Å²) in [5.41, 5.74) is 4.41. The van der Waals surface area contributed by atoms with E-state index in [0.29, 0.717) is 23.0 Å². The van der Waals surface area contributed by atoms with E-state index in [9.17, 15) is 0 Å². The predicted molar refractivity (Wildman–Crippen MR) is 172 cm³/mol. The number of methoxy groups -OCH3 is 3. The van der Waals surface area contributed by atoms with Gasteiger partial charge in [-0.3, -0.25) is 0 Å². The molecular weight excluding hydrogens is 536 g/mol. The van der Waals surface area contributed by atoms with Crippen LogP contribution >= 0.6 is 0 Å². The monoisotopic (exact) mass is 572 g/mol. The zero-order valence-electron chi connectivity index (χ0n) is 25.0. The Balaban J connectivity index is 1.64. The Kier molecular flexibility index (Phi) is 9.14. The van der Waals surface area contributed by atoms with Gasteiger partial charge in [-0.2, -0.15) is 0 Å². The summed E-state index contributed by atoms with van der Waals surface area (Å²) >= 11 is 0. The Labute approximate surface area is 253 Å². The second-order valence-corrected chi connectivity index (χ2v) is 9.89. The Morgan fingerprint density at radius 2 is 1.07 bits per heavy atom. The predicted octanol–water partition coefficient (Wildman–Crippen LogP) is 8.76. The van der Waals surface area contributed by atoms with Gasteiger partial charge < -0.3 is 23.7 Å². The molecule has 0 aliphatic rings. The molecule has 0 spiro atoms. The molecule has 43 heavy (non-hydrogen) atoms. The molecule has 1 atom stereocenters. The number of ether oxygens (including phenoxy) is 5. The van der Waals surface area contributed by atoms with Gasteiger partial charge in [0.1, 0.15) is 11.4 Å². The third kappa shape index (κ3) is 5.72. The minimum Gasteiger partial charge on any atom is -0.493 e. The van der Waals surface area contributed by atoms with Crippen molar-refractivity contribution < 1.29 is 23.7 Å². The summed E-state index contributed by atoms with van der Waals surface area (Å²) in [5.74, 6) is 2.21. The molecule has 0 aliphatic heterocycles. The van der Waals surface area contributed by atoms with Gasteiger partial charge >= 0.3 is 0 Å². The minimum absolute atomic E-state index is 0.498. The highest BCUT2D eigenvalue weighted by Crippen LogP contribution is 2.48. The van der Waals surface area contributed by atoms with E-state index >= 15 is 0 Å². The fraction of sp³-hybridized carbons (Fsp3) is 0.158. The Morgan fingerprint density at radius 3 is 1.53 bits per heavy atom. The molecule has 5 heteroatoms. The Hall–Kier alpha value is -5.00. The summed E-state index contributed by atoms with van der Waals surface area (Å²) in [6.07, 6.45) is 1.07. The van der Waals surface area contributed by atoms with Crippen LogP contribution in [-0.2, 0) is 10.3 Å². The highest BCUT2D eigenvalue weighted by Gasteiger charge is 2.40. The van der Waals surface area contributed by atoms with Crippen molar-refractivity contribution in [3.63, 3.8) is 0 Å². The van der Waals surface area contributed by atoms with Crippen molar-refractivity contribution in [1.29, 1.82) is 0 Å². The van der Waals surface area contributed by atoms with Crippen molar-refractivity contribution in [1.82, 2.24) is 0 Å². The van der Waals surface area contributed by atoms with Crippen molar-refractivity contribution in [2.45, 2.75) is 18.8 Å². The first-order valence-electron chi connectivity index (χ1n) is 14.1. The van der Waals surface area contributed by atoms with E-state index in [2.05, 4.69) is 43.0 Å². The van der Waals surface area contributed by atoms with Gasteiger partial charge in [0, 0.05) is 16.7 Å². The standard InChI is InChI=1S/C38H36O5/c1-6-28-17-16-24-32(33-25-26-34(39-3)37(41-5)36(33)40-4)35(28)42-27(2)43-38(29-18-10-7-11-19-29,30-20-12-8-13-21-30)31-22-14-9-15-23-31/h6-27H,1H2,2-5H3. The largest absolute Gasteiger partial charge is 0.493 e. The van der Waals surface area contributed by atoms with E-state index in [1.165, 1.54) is 0 Å². The van der Waals surface area contributed by atoms with Crippen LogP contribution in [0.15, 0.2) is 128 Å². The van der Waals surface area contributed by atoms with Crippen LogP contribution < -0.4 is 18.9 Å². The number of hydrogen-bond acceptors (Lipinski definition) is 5. The first-order valence-corrected chi connectivity index (χ1v) is 14.1. The number of hydrogen-bond donors (Lipinski definition) is 0. The van der Waals surface area contributed by atoms with Gasteiger partial charge in [0.05, 0.1) is 21.3 Å². The summed E-state index contributed by atoms with van der Waals surface area (Å²) < 4.78 is 30.9. The van der Waals surface area contributed by atoms with E-state index in [4.69, 9.17) is 23.7 Å². The fourth-order valence-electron chi connectivity index (χ4n) is 5.53. The lowest BCUT2D eigenvalue weighted by atomic mass is 9.80. The molecule has 5 aromatic carbocycles. The molecule has 5 nitrogen and oxygen atoms in total. The third-order valence-corrected chi connectivity index (χ3v) is 7.43. The van der Waals surface area contributed by atoms with Crippen LogP contribution in [-0.4, -0.2) is 27.6 Å². The van der Waals surface area contributed by atoms with Crippen LogP contribution in [0.25, 0.3) is 17.2 Å². The van der Waals surface area contributed by atoms with E-state index in [1.54, 1.807) is 27.4 Å². The van der Waals surface area contributed by atoms with Crippen LogP contribution in [0.5, 0.6) is 23.0 Å². The lowest BCUT2D eigenvalue weighted by Gasteiger charge is -2.38.